The first-order valence-electron chi connectivity index (χ1n) is 6.83. The molecule has 2 aromatic rings. The van der Waals surface area contributed by atoms with Gasteiger partial charge in [0.1, 0.15) is 11.6 Å². The molecule has 106 valence electrons. The summed E-state index contributed by atoms with van der Waals surface area (Å²) in [5.41, 5.74) is 3.27. The highest BCUT2D eigenvalue weighted by Crippen LogP contribution is 2.30. The van der Waals surface area contributed by atoms with E-state index in [9.17, 15) is 0 Å². The van der Waals surface area contributed by atoms with Gasteiger partial charge in [0.05, 0.1) is 18.8 Å². The Bertz CT molecular complexity index is 584. The first-order valence-corrected chi connectivity index (χ1v) is 6.83. The van der Waals surface area contributed by atoms with Gasteiger partial charge in [-0.3, -0.25) is 0 Å². The maximum absolute atomic E-state index is 5.50. The number of nitrogens with one attached hydrogen (secondary N) is 1. The second-order valence-corrected chi connectivity index (χ2v) is 4.76. The molecule has 4 heteroatoms. The number of nitrogens with zero attached hydrogens (tertiary/aromatic N) is 2. The zero-order chi connectivity index (χ0) is 14.5. The molecule has 1 aromatic carbocycles. The van der Waals surface area contributed by atoms with Crippen LogP contribution in [-0.2, 0) is 0 Å². The highest BCUT2D eigenvalue weighted by Gasteiger charge is 2.19. The van der Waals surface area contributed by atoms with Crippen LogP contribution < -0.4 is 10.1 Å². The normalized spacial score (nSPS) is 12.2. The second-order valence-electron chi connectivity index (χ2n) is 4.76. The molecular weight excluding hydrogens is 250 g/mol. The van der Waals surface area contributed by atoms with E-state index in [0.29, 0.717) is 0 Å². The summed E-state index contributed by atoms with van der Waals surface area (Å²) in [4.78, 5) is 8.71. The zero-order valence-corrected chi connectivity index (χ0v) is 12.5. The van der Waals surface area contributed by atoms with Crippen LogP contribution in [0, 0.1) is 13.8 Å². The van der Waals surface area contributed by atoms with E-state index in [2.05, 4.69) is 41.3 Å². The lowest BCUT2D eigenvalue weighted by atomic mass is 10.00. The minimum Gasteiger partial charge on any atom is -0.496 e. The SMILES string of the molecule is CCNC(c1ccnc(C)n1)c1cc(C)ccc1OC. The number of aromatic nitrogens is 2. The highest BCUT2D eigenvalue weighted by atomic mass is 16.5. The molecule has 0 radical (unpaired) electrons. The van der Waals surface area contributed by atoms with E-state index in [1.165, 1.54) is 5.56 Å². The van der Waals surface area contributed by atoms with Gasteiger partial charge < -0.3 is 10.1 Å². The molecule has 1 heterocycles. The van der Waals surface area contributed by atoms with Gasteiger partial charge in [-0.1, -0.05) is 24.6 Å². The summed E-state index contributed by atoms with van der Waals surface area (Å²) in [6.07, 6.45) is 1.80. The Morgan fingerprint density at radius 2 is 2.05 bits per heavy atom. The topological polar surface area (TPSA) is 47.0 Å². The monoisotopic (exact) mass is 271 g/mol. The average Bonchev–Trinajstić information content (AvgIpc) is 2.44. The number of ether oxygens (including phenoxy) is 1. The average molecular weight is 271 g/mol. The van der Waals surface area contributed by atoms with Crippen molar-refractivity contribution in [2.24, 2.45) is 0 Å². The van der Waals surface area contributed by atoms with Gasteiger partial charge in [0, 0.05) is 11.8 Å². The summed E-state index contributed by atoms with van der Waals surface area (Å²) in [7, 11) is 1.70. The van der Waals surface area contributed by atoms with Crippen LogP contribution in [0.15, 0.2) is 30.5 Å². The minimum atomic E-state index is 0.0107. The molecule has 0 aliphatic rings. The van der Waals surface area contributed by atoms with Crippen molar-refractivity contribution in [3.8, 4) is 5.75 Å². The Hall–Kier alpha value is -1.94. The molecule has 0 spiro atoms. The van der Waals surface area contributed by atoms with E-state index in [-0.39, 0.29) is 6.04 Å². The van der Waals surface area contributed by atoms with Crippen LogP contribution in [0.25, 0.3) is 0 Å². The Balaban J connectivity index is 2.50. The first-order chi connectivity index (χ1) is 9.65. The summed E-state index contributed by atoms with van der Waals surface area (Å²) in [5.74, 6) is 1.65. The van der Waals surface area contributed by atoms with Gasteiger partial charge in [0.25, 0.3) is 0 Å². The Morgan fingerprint density at radius 3 is 2.70 bits per heavy atom. The van der Waals surface area contributed by atoms with Crippen LogP contribution in [0.4, 0.5) is 0 Å². The number of methoxy groups -OCH3 is 1. The smallest absolute Gasteiger partial charge is 0.125 e. The molecular formula is C16H21N3O. The minimum absolute atomic E-state index is 0.0107. The number of rotatable bonds is 5. The standard InChI is InChI=1S/C16H21N3O/c1-5-17-16(14-8-9-18-12(3)19-14)13-10-11(2)6-7-15(13)20-4/h6-10,16-17H,5H2,1-4H3. The molecule has 0 saturated carbocycles. The van der Waals surface area contributed by atoms with E-state index >= 15 is 0 Å². The Morgan fingerprint density at radius 1 is 1.25 bits per heavy atom. The molecule has 1 unspecified atom stereocenters. The third-order valence-electron chi connectivity index (χ3n) is 3.20. The van der Waals surface area contributed by atoms with E-state index in [1.807, 2.05) is 19.1 Å². The molecule has 1 aromatic heterocycles. The Kier molecular flexibility index (Phi) is 4.69. The second kappa shape index (κ2) is 6.48. The van der Waals surface area contributed by atoms with Crippen molar-refractivity contribution in [2.75, 3.05) is 13.7 Å². The van der Waals surface area contributed by atoms with Gasteiger partial charge >= 0.3 is 0 Å². The quantitative estimate of drug-likeness (QED) is 0.908. The zero-order valence-electron chi connectivity index (χ0n) is 12.5. The van der Waals surface area contributed by atoms with Gasteiger partial charge in [0.15, 0.2) is 0 Å². The molecule has 20 heavy (non-hydrogen) atoms. The predicted octanol–water partition coefficient (Wildman–Crippen LogP) is 2.80. The lowest BCUT2D eigenvalue weighted by Crippen LogP contribution is -2.24. The van der Waals surface area contributed by atoms with Crippen molar-refractivity contribution in [3.63, 3.8) is 0 Å². The van der Waals surface area contributed by atoms with Crippen LogP contribution in [0.2, 0.25) is 0 Å². The predicted molar refractivity (Wildman–Crippen MR) is 80.0 cm³/mol. The van der Waals surface area contributed by atoms with Crippen molar-refractivity contribution >= 4 is 0 Å². The molecule has 0 saturated heterocycles. The highest BCUT2D eigenvalue weighted by molar-refractivity contribution is 5.42. The number of aryl methyl sites for hydroxylation is 2. The van der Waals surface area contributed by atoms with E-state index in [4.69, 9.17) is 4.74 Å². The Labute approximate surface area is 120 Å². The van der Waals surface area contributed by atoms with E-state index < -0.39 is 0 Å². The number of hydrogen-bond acceptors (Lipinski definition) is 4. The summed E-state index contributed by atoms with van der Waals surface area (Å²) in [5, 5.41) is 3.47. The molecule has 0 aliphatic carbocycles. The van der Waals surface area contributed by atoms with E-state index in [0.717, 1.165) is 29.4 Å². The molecule has 0 amide bonds. The fourth-order valence-corrected chi connectivity index (χ4v) is 2.29. The van der Waals surface area contributed by atoms with Crippen LogP contribution in [0.3, 0.4) is 0 Å². The van der Waals surface area contributed by atoms with Crippen molar-refractivity contribution in [2.45, 2.75) is 26.8 Å². The van der Waals surface area contributed by atoms with Crippen LogP contribution >= 0.6 is 0 Å². The van der Waals surface area contributed by atoms with Gasteiger partial charge in [-0.2, -0.15) is 0 Å². The number of hydrogen-bond donors (Lipinski definition) is 1. The summed E-state index contributed by atoms with van der Waals surface area (Å²) >= 11 is 0. The van der Waals surface area contributed by atoms with Crippen molar-refractivity contribution in [1.82, 2.24) is 15.3 Å². The summed E-state index contributed by atoms with van der Waals surface area (Å²) < 4.78 is 5.50. The molecule has 1 N–H and O–H groups in total. The fraction of sp³-hybridized carbons (Fsp3) is 0.375. The molecule has 0 bridgehead atoms. The number of benzene rings is 1. The van der Waals surface area contributed by atoms with Crippen molar-refractivity contribution in [1.29, 1.82) is 0 Å². The van der Waals surface area contributed by atoms with Crippen molar-refractivity contribution < 1.29 is 4.74 Å². The van der Waals surface area contributed by atoms with Crippen molar-refractivity contribution in [3.05, 3.63) is 53.1 Å². The fourth-order valence-electron chi connectivity index (χ4n) is 2.29. The largest absolute Gasteiger partial charge is 0.496 e. The van der Waals surface area contributed by atoms with E-state index in [1.54, 1.807) is 13.3 Å². The lowest BCUT2D eigenvalue weighted by Gasteiger charge is -2.21. The molecule has 2 rings (SSSR count). The molecule has 0 aliphatic heterocycles. The maximum Gasteiger partial charge on any atom is 0.125 e. The third-order valence-corrected chi connectivity index (χ3v) is 3.20. The summed E-state index contributed by atoms with van der Waals surface area (Å²) in [6, 6.07) is 8.15. The maximum atomic E-state index is 5.50. The van der Waals surface area contributed by atoms with Gasteiger partial charge in [0.2, 0.25) is 0 Å². The van der Waals surface area contributed by atoms with Crippen LogP contribution in [0.5, 0.6) is 5.75 Å². The molecule has 4 nitrogen and oxygen atoms in total. The van der Waals surface area contributed by atoms with Gasteiger partial charge in [-0.15, -0.1) is 0 Å². The lowest BCUT2D eigenvalue weighted by molar-refractivity contribution is 0.403. The van der Waals surface area contributed by atoms with Crippen LogP contribution in [0.1, 0.15) is 35.6 Å². The molecule has 1 atom stereocenters. The van der Waals surface area contributed by atoms with Crippen LogP contribution in [-0.4, -0.2) is 23.6 Å². The molecule has 0 fully saturated rings. The first kappa shape index (κ1) is 14.5. The third kappa shape index (κ3) is 3.14. The van der Waals surface area contributed by atoms with Gasteiger partial charge in [-0.05, 0) is 32.5 Å². The van der Waals surface area contributed by atoms with Gasteiger partial charge in [-0.25, -0.2) is 9.97 Å². The summed E-state index contributed by atoms with van der Waals surface area (Å²) in [6.45, 7) is 6.92.